The number of halogens is 3. The van der Waals surface area contributed by atoms with Gasteiger partial charge in [0.2, 0.25) is 0 Å². The number of carbonyl (C=O) groups is 1. The first-order chi connectivity index (χ1) is 10.5. The number of hydrogen-bond donors (Lipinski definition) is 1. The van der Waals surface area contributed by atoms with Crippen molar-refractivity contribution < 1.29 is 9.53 Å². The molecule has 0 fully saturated rings. The third kappa shape index (κ3) is 4.29. The van der Waals surface area contributed by atoms with Crippen LogP contribution in [0.3, 0.4) is 0 Å². The maximum atomic E-state index is 12.0. The Morgan fingerprint density at radius 2 is 1.64 bits per heavy atom. The molecular weight excluding hydrogens is 345 g/mol. The van der Waals surface area contributed by atoms with E-state index in [4.69, 9.17) is 39.5 Å². The number of amides is 1. The molecule has 0 aliphatic rings. The van der Waals surface area contributed by atoms with Gasteiger partial charge >= 0.3 is 0 Å². The molecule has 0 spiro atoms. The van der Waals surface area contributed by atoms with E-state index in [0.717, 1.165) is 5.56 Å². The van der Waals surface area contributed by atoms with Crippen LogP contribution in [0, 0.1) is 0 Å². The zero-order valence-corrected chi connectivity index (χ0v) is 14.0. The highest BCUT2D eigenvalue weighted by Gasteiger charge is 2.14. The normalized spacial score (nSPS) is 11.8. The van der Waals surface area contributed by atoms with Crippen LogP contribution in [0.4, 0.5) is 0 Å². The molecule has 0 heterocycles. The van der Waals surface area contributed by atoms with Crippen molar-refractivity contribution in [2.45, 2.75) is 13.0 Å². The van der Waals surface area contributed by atoms with Crippen LogP contribution < -0.4 is 10.1 Å². The zero-order valence-electron chi connectivity index (χ0n) is 11.8. The van der Waals surface area contributed by atoms with E-state index in [1.54, 1.807) is 24.3 Å². The standard InChI is InChI=1S/C16H14Cl3NO2/c1-10(11-5-2-3-6-12(11)17)20-15(21)9-22-16-13(18)7-4-8-14(16)19/h2-8,10H,9H2,1H3,(H,20,21). The molecule has 2 rings (SSSR count). The molecule has 0 bridgehead atoms. The molecule has 0 saturated carbocycles. The predicted octanol–water partition coefficient (Wildman–Crippen LogP) is 4.90. The van der Waals surface area contributed by atoms with Gasteiger partial charge in [-0.05, 0) is 30.7 Å². The van der Waals surface area contributed by atoms with E-state index in [1.165, 1.54) is 0 Å². The van der Waals surface area contributed by atoms with Crippen molar-refractivity contribution in [2.24, 2.45) is 0 Å². The van der Waals surface area contributed by atoms with Crippen LogP contribution in [0.1, 0.15) is 18.5 Å². The molecule has 6 heteroatoms. The second-order valence-electron chi connectivity index (χ2n) is 4.65. The molecule has 1 atom stereocenters. The summed E-state index contributed by atoms with van der Waals surface area (Å²) in [7, 11) is 0. The summed E-state index contributed by atoms with van der Waals surface area (Å²) in [6, 6.07) is 12.1. The van der Waals surface area contributed by atoms with E-state index in [9.17, 15) is 4.79 Å². The summed E-state index contributed by atoms with van der Waals surface area (Å²) < 4.78 is 5.39. The van der Waals surface area contributed by atoms with Crippen LogP contribution in [0.25, 0.3) is 0 Å². The van der Waals surface area contributed by atoms with Crippen LogP contribution >= 0.6 is 34.8 Å². The summed E-state index contributed by atoms with van der Waals surface area (Å²) in [4.78, 5) is 12.0. The van der Waals surface area contributed by atoms with Crippen molar-refractivity contribution in [3.63, 3.8) is 0 Å². The molecule has 0 aliphatic heterocycles. The van der Waals surface area contributed by atoms with Crippen LogP contribution in [0.2, 0.25) is 15.1 Å². The van der Waals surface area contributed by atoms with Gasteiger partial charge in [-0.1, -0.05) is 59.1 Å². The largest absolute Gasteiger partial charge is 0.481 e. The lowest BCUT2D eigenvalue weighted by Crippen LogP contribution is -2.31. The molecule has 2 aromatic carbocycles. The summed E-state index contributed by atoms with van der Waals surface area (Å²) in [6.07, 6.45) is 0. The fourth-order valence-electron chi connectivity index (χ4n) is 1.95. The number of nitrogens with one attached hydrogen (secondary N) is 1. The summed E-state index contributed by atoms with van der Waals surface area (Å²) in [5.74, 6) is 0.00906. The lowest BCUT2D eigenvalue weighted by atomic mass is 10.1. The highest BCUT2D eigenvalue weighted by molar-refractivity contribution is 6.37. The van der Waals surface area contributed by atoms with E-state index < -0.39 is 0 Å². The summed E-state index contributed by atoms with van der Waals surface area (Å²) in [5.41, 5.74) is 0.841. The molecule has 116 valence electrons. The minimum absolute atomic E-state index is 0.182. The summed E-state index contributed by atoms with van der Waals surface area (Å²) in [6.45, 7) is 1.67. The Balaban J connectivity index is 1.95. The molecule has 0 radical (unpaired) electrons. The van der Waals surface area contributed by atoms with Gasteiger partial charge in [-0.3, -0.25) is 4.79 Å². The number of ether oxygens (including phenoxy) is 1. The quantitative estimate of drug-likeness (QED) is 0.825. The molecule has 1 N–H and O–H groups in total. The van der Waals surface area contributed by atoms with Crippen molar-refractivity contribution in [1.82, 2.24) is 5.32 Å². The van der Waals surface area contributed by atoms with Crippen molar-refractivity contribution in [3.05, 3.63) is 63.1 Å². The predicted molar refractivity (Wildman–Crippen MR) is 90.0 cm³/mol. The van der Waals surface area contributed by atoms with E-state index in [0.29, 0.717) is 20.8 Å². The number of benzene rings is 2. The molecule has 1 amide bonds. The highest BCUT2D eigenvalue weighted by atomic mass is 35.5. The Kier molecular flexibility index (Phi) is 5.95. The van der Waals surface area contributed by atoms with Crippen molar-refractivity contribution in [2.75, 3.05) is 6.61 Å². The summed E-state index contributed by atoms with van der Waals surface area (Å²) >= 11 is 18.1. The zero-order chi connectivity index (χ0) is 16.1. The van der Waals surface area contributed by atoms with Gasteiger partial charge < -0.3 is 10.1 Å². The second-order valence-corrected chi connectivity index (χ2v) is 5.87. The maximum Gasteiger partial charge on any atom is 0.258 e. The number of rotatable bonds is 5. The van der Waals surface area contributed by atoms with Gasteiger partial charge in [-0.2, -0.15) is 0 Å². The van der Waals surface area contributed by atoms with E-state index in [1.807, 2.05) is 25.1 Å². The van der Waals surface area contributed by atoms with E-state index >= 15 is 0 Å². The van der Waals surface area contributed by atoms with E-state index in [2.05, 4.69) is 5.32 Å². The van der Waals surface area contributed by atoms with Gasteiger partial charge in [0.05, 0.1) is 16.1 Å². The minimum Gasteiger partial charge on any atom is -0.481 e. The van der Waals surface area contributed by atoms with Gasteiger partial charge in [0.15, 0.2) is 12.4 Å². The average Bonchev–Trinajstić information content (AvgIpc) is 2.47. The van der Waals surface area contributed by atoms with Gasteiger partial charge in [-0.15, -0.1) is 0 Å². The SMILES string of the molecule is CC(NC(=O)COc1c(Cl)cccc1Cl)c1ccccc1Cl. The molecule has 1 unspecified atom stereocenters. The van der Waals surface area contributed by atoms with Crippen LogP contribution in [0.15, 0.2) is 42.5 Å². The average molecular weight is 359 g/mol. The van der Waals surface area contributed by atoms with Crippen LogP contribution in [0.5, 0.6) is 5.75 Å². The lowest BCUT2D eigenvalue weighted by Gasteiger charge is -2.16. The molecular formula is C16H14Cl3NO2. The van der Waals surface area contributed by atoms with Gasteiger partial charge in [0.1, 0.15) is 0 Å². The Hall–Kier alpha value is -1.42. The van der Waals surface area contributed by atoms with Crippen LogP contribution in [-0.4, -0.2) is 12.5 Å². The van der Waals surface area contributed by atoms with Crippen molar-refractivity contribution in [3.8, 4) is 5.75 Å². The number of hydrogen-bond acceptors (Lipinski definition) is 2. The monoisotopic (exact) mass is 357 g/mol. The first kappa shape index (κ1) is 16.9. The first-order valence-electron chi connectivity index (χ1n) is 6.59. The maximum absolute atomic E-state index is 12.0. The smallest absolute Gasteiger partial charge is 0.258 e. The molecule has 3 nitrogen and oxygen atoms in total. The first-order valence-corrected chi connectivity index (χ1v) is 7.73. The lowest BCUT2D eigenvalue weighted by molar-refractivity contribution is -0.123. The van der Waals surface area contributed by atoms with Crippen molar-refractivity contribution >= 4 is 40.7 Å². The van der Waals surface area contributed by atoms with Gasteiger partial charge in [0.25, 0.3) is 5.91 Å². The minimum atomic E-state index is -0.289. The molecule has 0 aliphatic carbocycles. The number of carbonyl (C=O) groups excluding carboxylic acids is 1. The van der Waals surface area contributed by atoms with E-state index in [-0.39, 0.29) is 18.6 Å². The highest BCUT2D eigenvalue weighted by Crippen LogP contribution is 2.32. The van der Waals surface area contributed by atoms with Crippen molar-refractivity contribution in [1.29, 1.82) is 0 Å². The Morgan fingerprint density at radius 3 is 2.27 bits per heavy atom. The van der Waals surface area contributed by atoms with Gasteiger partial charge in [-0.25, -0.2) is 0 Å². The van der Waals surface area contributed by atoms with Crippen LogP contribution in [-0.2, 0) is 4.79 Å². The molecule has 0 saturated heterocycles. The van der Waals surface area contributed by atoms with Gasteiger partial charge in [0, 0.05) is 5.02 Å². The fraction of sp³-hybridized carbons (Fsp3) is 0.188. The molecule has 0 aromatic heterocycles. The topological polar surface area (TPSA) is 38.3 Å². The Morgan fingerprint density at radius 1 is 1.05 bits per heavy atom. The third-order valence-corrected chi connectivity index (χ3v) is 3.96. The summed E-state index contributed by atoms with van der Waals surface area (Å²) in [5, 5.41) is 4.14. The number of para-hydroxylation sites is 1. The molecule has 22 heavy (non-hydrogen) atoms. The Bertz CT molecular complexity index is 656. The molecule has 2 aromatic rings. The third-order valence-electron chi connectivity index (χ3n) is 3.02. The fourth-order valence-corrected chi connectivity index (χ4v) is 2.75. The second kappa shape index (κ2) is 7.73. The Labute approximate surface area is 144 Å².